The first-order valence-electron chi connectivity index (χ1n) is 9.93. The van der Waals surface area contributed by atoms with Crippen LogP contribution in [-0.2, 0) is 12.6 Å². The first-order chi connectivity index (χ1) is 13.7. The molecule has 0 bridgehead atoms. The molecule has 2 aliphatic carbocycles. The zero-order valence-electron chi connectivity index (χ0n) is 16.4. The van der Waals surface area contributed by atoms with Gasteiger partial charge in [-0.2, -0.15) is 13.2 Å². The normalized spacial score (nSPS) is 17.8. The number of nitrogens with one attached hydrogen (secondary N) is 1. The lowest BCUT2D eigenvalue weighted by atomic mass is 9.93. The van der Waals surface area contributed by atoms with Crippen molar-refractivity contribution in [3.05, 3.63) is 57.9 Å². The minimum atomic E-state index is -4.43. The van der Waals surface area contributed by atoms with E-state index in [0.29, 0.717) is 28.8 Å². The van der Waals surface area contributed by atoms with Crippen LogP contribution in [0.5, 0.6) is 0 Å². The summed E-state index contributed by atoms with van der Waals surface area (Å²) >= 11 is 0. The molecule has 4 nitrogen and oxygen atoms in total. The third kappa shape index (κ3) is 3.58. The van der Waals surface area contributed by atoms with Crippen molar-refractivity contribution in [1.82, 2.24) is 9.88 Å². The first-order valence-corrected chi connectivity index (χ1v) is 9.93. The molecule has 1 aromatic heterocycles. The zero-order chi connectivity index (χ0) is 20.9. The number of fused-ring (bicyclic) bond motifs is 1. The highest BCUT2D eigenvalue weighted by Crippen LogP contribution is 2.38. The largest absolute Gasteiger partial charge is 0.416 e. The van der Waals surface area contributed by atoms with E-state index in [1.165, 1.54) is 6.07 Å². The van der Waals surface area contributed by atoms with Crippen molar-refractivity contribution in [3.8, 4) is 0 Å². The number of carbonyl (C=O) groups excluding carboxylic acids is 2. The summed E-state index contributed by atoms with van der Waals surface area (Å²) in [6, 6.07) is 4.65. The van der Waals surface area contributed by atoms with Crippen molar-refractivity contribution in [1.29, 1.82) is 0 Å². The topological polar surface area (TPSA) is 53.2 Å². The fraction of sp³-hybridized carbons (Fsp3) is 0.455. The number of carbonyl (C=O) groups is 2. The molecule has 0 saturated heterocycles. The van der Waals surface area contributed by atoms with Crippen molar-refractivity contribution >= 4 is 11.7 Å². The predicted octanol–water partition coefficient (Wildman–Crippen LogP) is 5.23. The number of aryl methyl sites for hydroxylation is 1. The van der Waals surface area contributed by atoms with E-state index in [1.807, 2.05) is 0 Å². The summed E-state index contributed by atoms with van der Waals surface area (Å²) in [5.74, 6) is -0.208. The molecule has 7 heteroatoms. The van der Waals surface area contributed by atoms with E-state index in [0.717, 1.165) is 43.5 Å². The van der Waals surface area contributed by atoms with Gasteiger partial charge >= 0.3 is 6.18 Å². The van der Waals surface area contributed by atoms with Gasteiger partial charge in [-0.25, -0.2) is 0 Å². The Hall–Kier alpha value is -2.57. The number of halogens is 3. The standard InChI is InChI=1S/C22H23F3N2O2/c1-12-19-17(7-4-8-18(19)28)26-20(12)21(29)27(16-9-10-16)13(2)14-5-3-6-15(11-14)22(23,24)25/h3,5-6,11,13,16,26H,4,7-10H2,1-2H3/t13-/m0/s1. The van der Waals surface area contributed by atoms with Gasteiger partial charge in [-0.15, -0.1) is 0 Å². The summed E-state index contributed by atoms with van der Waals surface area (Å²) in [6.07, 6.45) is -0.818. The van der Waals surface area contributed by atoms with Crippen LogP contribution in [0.4, 0.5) is 13.2 Å². The number of hydrogen-bond donors (Lipinski definition) is 1. The number of H-pyrrole nitrogens is 1. The van der Waals surface area contributed by atoms with Gasteiger partial charge in [-0.05, 0) is 62.8 Å². The minimum absolute atomic E-state index is 0.00229. The number of hydrogen-bond acceptors (Lipinski definition) is 2. The molecule has 2 aromatic rings. The van der Waals surface area contributed by atoms with E-state index >= 15 is 0 Å². The van der Waals surface area contributed by atoms with E-state index in [4.69, 9.17) is 0 Å². The second-order valence-corrected chi connectivity index (χ2v) is 8.00. The van der Waals surface area contributed by atoms with E-state index < -0.39 is 17.8 Å². The Balaban J connectivity index is 1.69. The number of benzene rings is 1. The molecule has 1 saturated carbocycles. The van der Waals surface area contributed by atoms with Gasteiger partial charge in [0, 0.05) is 23.7 Å². The van der Waals surface area contributed by atoms with Gasteiger partial charge in [0.2, 0.25) is 0 Å². The highest BCUT2D eigenvalue weighted by atomic mass is 19.4. The molecule has 0 radical (unpaired) electrons. The van der Waals surface area contributed by atoms with Crippen molar-refractivity contribution in [2.75, 3.05) is 0 Å². The second kappa shape index (κ2) is 7.04. The summed E-state index contributed by atoms with van der Waals surface area (Å²) < 4.78 is 39.4. The Bertz CT molecular complexity index is 973. The summed E-state index contributed by atoms with van der Waals surface area (Å²) in [5.41, 5.74) is 2.17. The summed E-state index contributed by atoms with van der Waals surface area (Å²) in [6.45, 7) is 3.53. The number of ketones is 1. The number of nitrogens with zero attached hydrogens (tertiary/aromatic N) is 1. The number of rotatable bonds is 4. The maximum absolute atomic E-state index is 13.4. The van der Waals surface area contributed by atoms with Crippen molar-refractivity contribution in [2.24, 2.45) is 0 Å². The lowest BCUT2D eigenvalue weighted by Crippen LogP contribution is -2.36. The Kier molecular flexibility index (Phi) is 4.79. The molecule has 4 rings (SSSR count). The van der Waals surface area contributed by atoms with Crippen LogP contribution in [0, 0.1) is 6.92 Å². The lowest BCUT2D eigenvalue weighted by molar-refractivity contribution is -0.137. The first kappa shape index (κ1) is 19.7. The van der Waals surface area contributed by atoms with Crippen LogP contribution < -0.4 is 0 Å². The number of aromatic nitrogens is 1. The third-order valence-electron chi connectivity index (χ3n) is 5.94. The number of alkyl halides is 3. The Morgan fingerprint density at radius 1 is 1.24 bits per heavy atom. The Morgan fingerprint density at radius 2 is 1.97 bits per heavy atom. The summed E-state index contributed by atoms with van der Waals surface area (Å²) in [4.78, 5) is 30.5. The number of amides is 1. The predicted molar refractivity (Wildman–Crippen MR) is 102 cm³/mol. The maximum Gasteiger partial charge on any atom is 0.416 e. The molecule has 29 heavy (non-hydrogen) atoms. The number of aromatic amines is 1. The summed E-state index contributed by atoms with van der Waals surface area (Å²) in [5, 5.41) is 0. The van der Waals surface area contributed by atoms with Gasteiger partial charge in [0.25, 0.3) is 5.91 Å². The fourth-order valence-electron chi connectivity index (χ4n) is 4.26. The zero-order valence-corrected chi connectivity index (χ0v) is 16.4. The van der Waals surface area contributed by atoms with Crippen LogP contribution in [0.15, 0.2) is 24.3 Å². The fourth-order valence-corrected chi connectivity index (χ4v) is 4.26. The molecule has 2 aliphatic rings. The maximum atomic E-state index is 13.4. The molecular weight excluding hydrogens is 381 g/mol. The highest BCUT2D eigenvalue weighted by molar-refractivity contribution is 6.04. The quantitative estimate of drug-likeness (QED) is 0.759. The van der Waals surface area contributed by atoms with E-state index in [1.54, 1.807) is 24.8 Å². The molecule has 1 aromatic carbocycles. The van der Waals surface area contributed by atoms with E-state index in [2.05, 4.69) is 4.98 Å². The molecular formula is C22H23F3N2O2. The average molecular weight is 404 g/mol. The molecule has 1 amide bonds. The van der Waals surface area contributed by atoms with Crippen molar-refractivity contribution in [2.45, 2.75) is 64.2 Å². The third-order valence-corrected chi connectivity index (χ3v) is 5.94. The summed E-state index contributed by atoms with van der Waals surface area (Å²) in [7, 11) is 0. The van der Waals surface area contributed by atoms with Crippen LogP contribution in [-0.4, -0.2) is 27.6 Å². The molecule has 0 aliphatic heterocycles. The average Bonchev–Trinajstić information content (AvgIpc) is 3.44. The van der Waals surface area contributed by atoms with Crippen molar-refractivity contribution < 1.29 is 22.8 Å². The molecule has 0 unspecified atom stereocenters. The number of Topliss-reactive ketones (excluding diaryl/α,β-unsaturated/α-hetero) is 1. The second-order valence-electron chi connectivity index (χ2n) is 8.00. The molecule has 1 atom stereocenters. The van der Waals surface area contributed by atoms with Gasteiger partial charge in [0.1, 0.15) is 5.69 Å². The van der Waals surface area contributed by atoms with Gasteiger partial charge in [-0.1, -0.05) is 12.1 Å². The molecule has 154 valence electrons. The van der Waals surface area contributed by atoms with Crippen LogP contribution in [0.3, 0.4) is 0 Å². The van der Waals surface area contributed by atoms with E-state index in [9.17, 15) is 22.8 Å². The monoisotopic (exact) mass is 404 g/mol. The Morgan fingerprint density at radius 3 is 2.59 bits per heavy atom. The smallest absolute Gasteiger partial charge is 0.354 e. The Labute approximate surface area is 167 Å². The molecule has 1 N–H and O–H groups in total. The lowest BCUT2D eigenvalue weighted by Gasteiger charge is -2.30. The molecule has 0 spiro atoms. The highest BCUT2D eigenvalue weighted by Gasteiger charge is 2.39. The van der Waals surface area contributed by atoms with Gasteiger partial charge in [0.05, 0.1) is 11.6 Å². The molecule has 1 heterocycles. The molecule has 1 fully saturated rings. The van der Waals surface area contributed by atoms with Crippen molar-refractivity contribution in [3.63, 3.8) is 0 Å². The van der Waals surface area contributed by atoms with Crippen LogP contribution in [0.1, 0.15) is 81.9 Å². The van der Waals surface area contributed by atoms with Crippen LogP contribution >= 0.6 is 0 Å². The van der Waals surface area contributed by atoms with E-state index in [-0.39, 0.29) is 17.7 Å². The van der Waals surface area contributed by atoms with Gasteiger partial charge < -0.3 is 9.88 Å². The van der Waals surface area contributed by atoms with Crippen LogP contribution in [0.25, 0.3) is 0 Å². The SMILES string of the molecule is Cc1c(C(=O)N(C2CC2)[C@@H](C)c2cccc(C(F)(F)F)c2)[nH]c2c1C(=O)CCC2. The van der Waals surface area contributed by atoms with Gasteiger partial charge in [-0.3, -0.25) is 9.59 Å². The minimum Gasteiger partial charge on any atom is -0.354 e. The van der Waals surface area contributed by atoms with Crippen LogP contribution in [0.2, 0.25) is 0 Å². The van der Waals surface area contributed by atoms with Gasteiger partial charge in [0.15, 0.2) is 5.78 Å².